The molecule has 0 N–H and O–H groups in total. The van der Waals surface area contributed by atoms with Crippen LogP contribution in [0.5, 0.6) is 0 Å². The molecule has 1 atom stereocenters. The summed E-state index contributed by atoms with van der Waals surface area (Å²) in [4.78, 5) is 12.3. The fourth-order valence-electron chi connectivity index (χ4n) is 4.21. The van der Waals surface area contributed by atoms with Gasteiger partial charge in [0.1, 0.15) is 8.07 Å². The summed E-state index contributed by atoms with van der Waals surface area (Å²) in [5.74, 6) is 3.13. The van der Waals surface area contributed by atoms with Gasteiger partial charge in [-0.1, -0.05) is 65.2 Å². The number of benzene rings is 1. The molecule has 1 aliphatic rings. The third-order valence-electron chi connectivity index (χ3n) is 5.46. The minimum Gasteiger partial charge on any atom is -0.445 e. The molecule has 0 fully saturated rings. The molecule has 0 aromatic heterocycles. The number of fused-ring (bicyclic) bond motifs is 1. The van der Waals surface area contributed by atoms with E-state index in [0.717, 1.165) is 11.1 Å². The number of carbonyl (C=O) groups is 1. The Morgan fingerprint density at radius 1 is 1.08 bits per heavy atom. The average Bonchev–Trinajstić information content (AvgIpc) is 2.47. The standard InChI is InChI=1S/C21H30O2Si/c1-14(2)24(15(3)4,16(5)6)11-10-19-13-18-9-8-17(7)12-20(18)21(22)23-19/h8-9,12,14-16,19H,13H2,1-7H3. The van der Waals surface area contributed by atoms with E-state index in [1.807, 2.05) is 19.1 Å². The smallest absolute Gasteiger partial charge is 0.339 e. The van der Waals surface area contributed by atoms with Crippen LogP contribution in [0, 0.1) is 18.4 Å². The molecule has 3 heteroatoms. The van der Waals surface area contributed by atoms with E-state index in [-0.39, 0.29) is 12.1 Å². The number of rotatable bonds is 3. The number of ether oxygens (including phenoxy) is 1. The Morgan fingerprint density at radius 3 is 2.21 bits per heavy atom. The van der Waals surface area contributed by atoms with Gasteiger partial charge in [0.15, 0.2) is 6.10 Å². The molecule has 1 aromatic rings. The summed E-state index contributed by atoms with van der Waals surface area (Å²) in [6.07, 6.45) is 0.392. The van der Waals surface area contributed by atoms with E-state index in [4.69, 9.17) is 4.74 Å². The molecule has 0 aliphatic carbocycles. The van der Waals surface area contributed by atoms with Crippen molar-refractivity contribution in [2.45, 2.75) is 77.6 Å². The van der Waals surface area contributed by atoms with Crippen LogP contribution < -0.4 is 0 Å². The number of esters is 1. The number of hydrogen-bond acceptors (Lipinski definition) is 2. The van der Waals surface area contributed by atoms with Crippen LogP contribution in [-0.4, -0.2) is 20.1 Å². The van der Waals surface area contributed by atoms with E-state index in [1.165, 1.54) is 0 Å². The third kappa shape index (κ3) is 3.44. The second-order valence-electron chi connectivity index (χ2n) is 7.93. The molecular weight excluding hydrogens is 312 g/mol. The topological polar surface area (TPSA) is 26.3 Å². The van der Waals surface area contributed by atoms with Crippen LogP contribution in [-0.2, 0) is 11.2 Å². The van der Waals surface area contributed by atoms with Gasteiger partial charge in [-0.15, -0.1) is 5.54 Å². The van der Waals surface area contributed by atoms with Gasteiger partial charge in [-0.25, -0.2) is 4.79 Å². The first kappa shape index (κ1) is 18.8. The molecule has 1 aliphatic heterocycles. The fourth-order valence-corrected chi connectivity index (χ4v) is 9.49. The first-order valence-corrected chi connectivity index (χ1v) is 11.2. The number of hydrogen-bond donors (Lipinski definition) is 0. The van der Waals surface area contributed by atoms with Gasteiger partial charge in [-0.3, -0.25) is 0 Å². The van der Waals surface area contributed by atoms with Crippen molar-refractivity contribution >= 4 is 14.0 Å². The molecule has 0 amide bonds. The predicted octanol–water partition coefficient (Wildman–Crippen LogP) is 5.30. The van der Waals surface area contributed by atoms with Crippen molar-refractivity contribution in [3.63, 3.8) is 0 Å². The van der Waals surface area contributed by atoms with Crippen LogP contribution in [0.1, 0.15) is 63.0 Å². The van der Waals surface area contributed by atoms with Crippen LogP contribution in [0.4, 0.5) is 0 Å². The SMILES string of the molecule is Cc1ccc2c(c1)C(=O)OC(C#C[Si](C(C)C)(C(C)C)C(C)C)C2. The average molecular weight is 343 g/mol. The summed E-state index contributed by atoms with van der Waals surface area (Å²) in [6, 6.07) is 6.01. The summed E-state index contributed by atoms with van der Waals surface area (Å²) >= 11 is 0. The molecule has 2 nitrogen and oxygen atoms in total. The lowest BCUT2D eigenvalue weighted by molar-refractivity contribution is 0.0374. The highest BCUT2D eigenvalue weighted by atomic mass is 28.3. The number of aryl methyl sites for hydroxylation is 1. The molecule has 2 rings (SSSR count). The van der Waals surface area contributed by atoms with Crippen LogP contribution >= 0.6 is 0 Å². The van der Waals surface area contributed by atoms with E-state index in [1.54, 1.807) is 0 Å². The van der Waals surface area contributed by atoms with Crippen molar-refractivity contribution in [1.29, 1.82) is 0 Å². The van der Waals surface area contributed by atoms with E-state index in [0.29, 0.717) is 28.6 Å². The lowest BCUT2D eigenvalue weighted by Gasteiger charge is -2.38. The van der Waals surface area contributed by atoms with E-state index >= 15 is 0 Å². The van der Waals surface area contributed by atoms with Crippen LogP contribution in [0.15, 0.2) is 18.2 Å². The summed E-state index contributed by atoms with van der Waals surface area (Å²) in [5, 5.41) is 0. The molecule has 0 bridgehead atoms. The highest BCUT2D eigenvalue weighted by Crippen LogP contribution is 2.40. The van der Waals surface area contributed by atoms with Crippen molar-refractivity contribution in [2.75, 3.05) is 0 Å². The number of carbonyl (C=O) groups excluding carboxylic acids is 1. The quantitative estimate of drug-likeness (QED) is 0.423. The maximum Gasteiger partial charge on any atom is 0.339 e. The van der Waals surface area contributed by atoms with Crippen molar-refractivity contribution in [3.8, 4) is 11.5 Å². The fraction of sp³-hybridized carbons (Fsp3) is 0.571. The molecule has 130 valence electrons. The highest BCUT2D eigenvalue weighted by molar-refractivity contribution is 6.90. The molecule has 1 heterocycles. The second kappa shape index (κ2) is 7.15. The summed E-state index contributed by atoms with van der Waals surface area (Å²) in [7, 11) is -1.79. The zero-order chi connectivity index (χ0) is 18.1. The molecule has 24 heavy (non-hydrogen) atoms. The van der Waals surface area contributed by atoms with Crippen molar-refractivity contribution in [3.05, 3.63) is 34.9 Å². The molecule has 0 spiro atoms. The van der Waals surface area contributed by atoms with E-state index in [2.05, 4.69) is 59.1 Å². The van der Waals surface area contributed by atoms with Gasteiger partial charge in [0, 0.05) is 6.42 Å². The Hall–Kier alpha value is -1.53. The molecule has 0 radical (unpaired) electrons. The number of cyclic esters (lactones) is 1. The Morgan fingerprint density at radius 2 is 1.67 bits per heavy atom. The molecule has 1 unspecified atom stereocenters. The molecular formula is C21H30O2Si. The van der Waals surface area contributed by atoms with Crippen LogP contribution in [0.3, 0.4) is 0 Å². The van der Waals surface area contributed by atoms with Gasteiger partial charge in [-0.2, -0.15) is 0 Å². The summed E-state index contributed by atoms with van der Waals surface area (Å²) < 4.78 is 5.61. The first-order chi connectivity index (χ1) is 11.2. The van der Waals surface area contributed by atoms with Crippen LogP contribution in [0.2, 0.25) is 16.6 Å². The normalized spacial score (nSPS) is 17.6. The van der Waals surface area contributed by atoms with Gasteiger partial charge in [0.05, 0.1) is 5.56 Å². The van der Waals surface area contributed by atoms with Gasteiger partial charge in [-0.05, 0) is 35.2 Å². The Bertz CT molecular complexity index is 655. The Balaban J connectivity index is 2.34. The molecule has 0 saturated heterocycles. The summed E-state index contributed by atoms with van der Waals surface area (Å²) in [5.41, 5.74) is 8.27. The van der Waals surface area contributed by atoms with Gasteiger partial charge >= 0.3 is 5.97 Å². The minimum atomic E-state index is -1.79. The van der Waals surface area contributed by atoms with Crippen molar-refractivity contribution < 1.29 is 9.53 Å². The predicted molar refractivity (Wildman–Crippen MR) is 103 cm³/mol. The Kier molecular flexibility index (Phi) is 5.60. The van der Waals surface area contributed by atoms with Crippen molar-refractivity contribution in [1.82, 2.24) is 0 Å². The highest BCUT2D eigenvalue weighted by Gasteiger charge is 2.42. The lowest BCUT2D eigenvalue weighted by Crippen LogP contribution is -2.43. The van der Waals surface area contributed by atoms with Gasteiger partial charge < -0.3 is 4.74 Å². The second-order valence-corrected chi connectivity index (χ2v) is 13.5. The van der Waals surface area contributed by atoms with Gasteiger partial charge in [0.25, 0.3) is 0 Å². The first-order valence-electron chi connectivity index (χ1n) is 9.01. The minimum absolute atomic E-state index is 0.231. The van der Waals surface area contributed by atoms with E-state index < -0.39 is 8.07 Å². The maximum atomic E-state index is 12.3. The third-order valence-corrected chi connectivity index (χ3v) is 11.8. The van der Waals surface area contributed by atoms with E-state index in [9.17, 15) is 4.79 Å². The monoisotopic (exact) mass is 342 g/mol. The molecule has 0 saturated carbocycles. The Labute approximate surface area is 148 Å². The van der Waals surface area contributed by atoms with Gasteiger partial charge in [0.2, 0.25) is 0 Å². The van der Waals surface area contributed by atoms with Crippen LogP contribution in [0.25, 0.3) is 0 Å². The summed E-state index contributed by atoms with van der Waals surface area (Å²) in [6.45, 7) is 15.8. The zero-order valence-corrected chi connectivity index (χ0v) is 17.1. The lowest BCUT2D eigenvalue weighted by atomic mass is 9.97. The molecule has 1 aromatic carbocycles. The van der Waals surface area contributed by atoms with Crippen molar-refractivity contribution in [2.24, 2.45) is 0 Å². The maximum absolute atomic E-state index is 12.3. The largest absolute Gasteiger partial charge is 0.445 e. The zero-order valence-electron chi connectivity index (χ0n) is 16.1.